The largest absolute Gasteiger partial charge is 0.507 e. The molecule has 1 aromatic carbocycles. The van der Waals surface area contributed by atoms with Gasteiger partial charge in [0.1, 0.15) is 5.75 Å². The van der Waals surface area contributed by atoms with Crippen LogP contribution in [0.4, 0.5) is 5.69 Å². The number of amides is 1. The molecule has 1 fully saturated rings. The molecule has 1 aliphatic rings. The Morgan fingerprint density at radius 2 is 2.15 bits per heavy atom. The Hall–Kier alpha value is -2.95. The molecule has 0 spiro atoms. The van der Waals surface area contributed by atoms with Gasteiger partial charge in [0, 0.05) is 31.4 Å². The molecule has 0 radical (unpaired) electrons. The number of carbonyl (C=O) groups excluding carboxylic acids is 1. The van der Waals surface area contributed by atoms with Gasteiger partial charge in [0.25, 0.3) is 11.6 Å². The summed E-state index contributed by atoms with van der Waals surface area (Å²) in [6.45, 7) is 0.175. The molecule has 144 valence electrons. The van der Waals surface area contributed by atoms with Crippen LogP contribution in [0.25, 0.3) is 0 Å². The summed E-state index contributed by atoms with van der Waals surface area (Å²) in [4.78, 5) is 24.5. The minimum Gasteiger partial charge on any atom is -0.507 e. The Morgan fingerprint density at radius 1 is 1.41 bits per heavy atom. The number of phenolic OH excluding ortho intramolecular Hbond substituents is 1. The minimum absolute atomic E-state index is 0.0419. The molecule has 27 heavy (non-hydrogen) atoms. The highest BCUT2D eigenvalue weighted by Gasteiger charge is 2.35. The summed E-state index contributed by atoms with van der Waals surface area (Å²) in [5.74, 6) is -1.41. The Labute approximate surface area is 155 Å². The molecule has 1 aliphatic heterocycles. The van der Waals surface area contributed by atoms with Gasteiger partial charge < -0.3 is 10.0 Å². The fourth-order valence-corrected chi connectivity index (χ4v) is 4.71. The van der Waals surface area contributed by atoms with Crippen LogP contribution in [-0.4, -0.2) is 57.1 Å². The van der Waals surface area contributed by atoms with E-state index in [1.54, 1.807) is 13.2 Å². The zero-order valence-corrected chi connectivity index (χ0v) is 15.3. The molecule has 1 N–H and O–H groups in total. The number of benzene rings is 1. The van der Waals surface area contributed by atoms with Crippen LogP contribution < -0.4 is 0 Å². The summed E-state index contributed by atoms with van der Waals surface area (Å²) in [7, 11) is -1.68. The zero-order valence-electron chi connectivity index (χ0n) is 14.5. The monoisotopic (exact) mass is 394 g/mol. The van der Waals surface area contributed by atoms with E-state index in [1.165, 1.54) is 21.8 Å². The lowest BCUT2D eigenvalue weighted by Crippen LogP contribution is -2.36. The van der Waals surface area contributed by atoms with Gasteiger partial charge in [-0.1, -0.05) is 0 Å². The minimum atomic E-state index is -3.37. The van der Waals surface area contributed by atoms with Crippen LogP contribution >= 0.6 is 0 Å². The number of phenols is 1. The molecule has 11 heteroatoms. The summed E-state index contributed by atoms with van der Waals surface area (Å²) in [6.07, 6.45) is 3.40. The molecule has 0 saturated carbocycles. The highest BCUT2D eigenvalue weighted by Crippen LogP contribution is 2.31. The predicted octanol–water partition coefficient (Wildman–Crippen LogP) is 1.04. The van der Waals surface area contributed by atoms with Crippen molar-refractivity contribution in [3.05, 3.63) is 51.8 Å². The van der Waals surface area contributed by atoms with E-state index in [1.807, 2.05) is 0 Å². The second-order valence-corrected chi connectivity index (χ2v) is 8.62. The number of aromatic hydroxyl groups is 1. The van der Waals surface area contributed by atoms with Gasteiger partial charge in [0.05, 0.1) is 40.3 Å². The highest BCUT2D eigenvalue weighted by molar-refractivity contribution is 7.91. The first kappa shape index (κ1) is 18.8. The van der Waals surface area contributed by atoms with Gasteiger partial charge in [0.2, 0.25) is 0 Å². The Balaban J connectivity index is 2.01. The first-order valence-electron chi connectivity index (χ1n) is 8.15. The van der Waals surface area contributed by atoms with Gasteiger partial charge in [-0.2, -0.15) is 5.10 Å². The molecular formula is C16H18N4O6S. The third kappa shape index (κ3) is 3.92. The lowest BCUT2D eigenvalue weighted by atomic mass is 10.1. The fraction of sp³-hybridized carbons (Fsp3) is 0.375. The van der Waals surface area contributed by atoms with Crippen LogP contribution in [0.5, 0.6) is 5.75 Å². The van der Waals surface area contributed by atoms with E-state index in [0.29, 0.717) is 5.56 Å². The molecule has 2 heterocycles. The predicted molar refractivity (Wildman–Crippen MR) is 95.0 cm³/mol. The molecule has 1 atom stereocenters. The van der Waals surface area contributed by atoms with Crippen LogP contribution in [0.15, 0.2) is 30.6 Å². The van der Waals surface area contributed by atoms with Crippen molar-refractivity contribution < 1.29 is 23.2 Å². The third-order valence-corrected chi connectivity index (χ3v) is 6.17. The summed E-state index contributed by atoms with van der Waals surface area (Å²) in [5.41, 5.74) is 0.109. The van der Waals surface area contributed by atoms with Gasteiger partial charge in [-0.15, -0.1) is 0 Å². The third-order valence-electron chi connectivity index (χ3n) is 4.44. The molecule has 0 aliphatic carbocycles. The molecule has 1 amide bonds. The van der Waals surface area contributed by atoms with Crippen LogP contribution in [0, 0.1) is 10.1 Å². The van der Waals surface area contributed by atoms with Crippen molar-refractivity contribution >= 4 is 21.4 Å². The Bertz CT molecular complexity index is 1000. The maximum atomic E-state index is 13.0. The second-order valence-electron chi connectivity index (χ2n) is 6.39. The maximum Gasteiger partial charge on any atom is 0.273 e. The van der Waals surface area contributed by atoms with Crippen LogP contribution in [0.1, 0.15) is 28.4 Å². The Morgan fingerprint density at radius 3 is 2.74 bits per heavy atom. The van der Waals surface area contributed by atoms with Crippen LogP contribution in [0.3, 0.4) is 0 Å². The van der Waals surface area contributed by atoms with Crippen molar-refractivity contribution in [1.82, 2.24) is 14.7 Å². The number of nitrogens with zero attached hydrogens (tertiary/aromatic N) is 4. The number of rotatable bonds is 3. The Kier molecular flexibility index (Phi) is 4.87. The summed E-state index contributed by atoms with van der Waals surface area (Å²) in [5, 5.41) is 24.9. The molecular weight excluding hydrogens is 376 g/mol. The standard InChI is InChI=1S/C16H18N4O6S/c1-18-9-11(8-17-18)14-10-27(25,26)6-2-5-19(14)16(22)13-4-3-12(20(23)24)7-15(13)21/h3-4,7-9,14,21H,2,5-6,10H2,1H3. The molecule has 0 bridgehead atoms. The average Bonchev–Trinajstić information content (AvgIpc) is 2.95. The molecule has 1 aromatic heterocycles. The van der Waals surface area contributed by atoms with E-state index in [4.69, 9.17) is 0 Å². The number of aromatic nitrogens is 2. The van der Waals surface area contributed by atoms with Crippen molar-refractivity contribution in [2.45, 2.75) is 12.5 Å². The number of hydrogen-bond acceptors (Lipinski definition) is 7. The van der Waals surface area contributed by atoms with E-state index in [0.717, 1.165) is 12.1 Å². The van der Waals surface area contributed by atoms with Crippen molar-refractivity contribution in [2.24, 2.45) is 7.05 Å². The normalized spacial score (nSPS) is 19.4. The van der Waals surface area contributed by atoms with E-state index in [-0.39, 0.29) is 35.7 Å². The van der Waals surface area contributed by atoms with Gasteiger partial charge >= 0.3 is 0 Å². The number of nitro benzene ring substituents is 1. The number of carbonyl (C=O) groups is 1. The smallest absolute Gasteiger partial charge is 0.273 e. The van der Waals surface area contributed by atoms with Crippen molar-refractivity contribution in [3.63, 3.8) is 0 Å². The van der Waals surface area contributed by atoms with E-state index < -0.39 is 32.5 Å². The van der Waals surface area contributed by atoms with Crippen molar-refractivity contribution in [1.29, 1.82) is 0 Å². The topological polar surface area (TPSA) is 136 Å². The van der Waals surface area contributed by atoms with E-state index in [2.05, 4.69) is 5.10 Å². The first-order valence-corrected chi connectivity index (χ1v) is 9.97. The number of aryl methyl sites for hydroxylation is 1. The summed E-state index contributed by atoms with van der Waals surface area (Å²) >= 11 is 0. The molecule has 10 nitrogen and oxygen atoms in total. The van der Waals surface area contributed by atoms with Gasteiger partial charge in [-0.3, -0.25) is 19.6 Å². The van der Waals surface area contributed by atoms with Gasteiger partial charge in [-0.05, 0) is 12.5 Å². The van der Waals surface area contributed by atoms with Crippen LogP contribution in [0.2, 0.25) is 0 Å². The number of nitro groups is 1. The molecule has 2 aromatic rings. The quantitative estimate of drug-likeness (QED) is 0.607. The summed E-state index contributed by atoms with van der Waals surface area (Å²) in [6, 6.07) is 2.45. The zero-order chi connectivity index (χ0) is 19.8. The van der Waals surface area contributed by atoms with Gasteiger partial charge in [0.15, 0.2) is 9.84 Å². The van der Waals surface area contributed by atoms with Crippen molar-refractivity contribution in [2.75, 3.05) is 18.1 Å². The lowest BCUT2D eigenvalue weighted by Gasteiger charge is -2.29. The highest BCUT2D eigenvalue weighted by atomic mass is 32.2. The number of non-ortho nitro benzene ring substituents is 1. The molecule has 1 saturated heterocycles. The molecule has 1 unspecified atom stereocenters. The van der Waals surface area contributed by atoms with E-state index >= 15 is 0 Å². The maximum absolute atomic E-state index is 13.0. The average molecular weight is 394 g/mol. The second kappa shape index (κ2) is 6.99. The number of hydrogen-bond donors (Lipinski definition) is 1. The van der Waals surface area contributed by atoms with Crippen LogP contribution in [-0.2, 0) is 16.9 Å². The fourth-order valence-electron chi connectivity index (χ4n) is 3.13. The van der Waals surface area contributed by atoms with E-state index in [9.17, 15) is 28.4 Å². The van der Waals surface area contributed by atoms with Crippen molar-refractivity contribution in [3.8, 4) is 5.75 Å². The summed E-state index contributed by atoms with van der Waals surface area (Å²) < 4.78 is 26.0. The molecule has 3 rings (SSSR count). The number of sulfone groups is 1. The first-order chi connectivity index (χ1) is 12.7. The SMILES string of the molecule is Cn1cc(C2CS(=O)(=O)CCCN2C(=O)c2ccc([N+](=O)[O-])cc2O)cn1. The van der Waals surface area contributed by atoms with Gasteiger partial charge in [-0.25, -0.2) is 8.42 Å². The lowest BCUT2D eigenvalue weighted by molar-refractivity contribution is -0.384.